The Kier molecular flexibility index (Phi) is 7.47. The Balaban J connectivity index is 0.000000705. The van der Waals surface area contributed by atoms with Crippen molar-refractivity contribution in [2.24, 2.45) is 5.92 Å². The van der Waals surface area contributed by atoms with Crippen LogP contribution >= 0.6 is 0 Å². The van der Waals surface area contributed by atoms with E-state index in [1.165, 1.54) is 16.7 Å². The highest BCUT2D eigenvalue weighted by Gasteiger charge is 2.39. The van der Waals surface area contributed by atoms with Gasteiger partial charge in [-0.05, 0) is 39.4 Å². The van der Waals surface area contributed by atoms with Gasteiger partial charge in [-0.25, -0.2) is 0 Å². The molecule has 0 N–H and O–H groups in total. The van der Waals surface area contributed by atoms with Gasteiger partial charge in [-0.15, -0.1) is 0 Å². The topological polar surface area (TPSA) is 0 Å². The van der Waals surface area contributed by atoms with Crippen LogP contribution in [0.3, 0.4) is 0 Å². The third-order valence-corrected chi connectivity index (χ3v) is 5.36. The lowest BCUT2D eigenvalue weighted by atomic mass is 9.61. The van der Waals surface area contributed by atoms with Crippen molar-refractivity contribution in [2.75, 3.05) is 0 Å². The minimum atomic E-state index is 0.0733. The summed E-state index contributed by atoms with van der Waals surface area (Å²) < 4.78 is 0. The zero-order valence-corrected chi connectivity index (χ0v) is 17.9. The van der Waals surface area contributed by atoms with E-state index in [1.807, 2.05) is 0 Å². The van der Waals surface area contributed by atoms with Gasteiger partial charge in [0.25, 0.3) is 0 Å². The van der Waals surface area contributed by atoms with E-state index in [9.17, 15) is 0 Å². The van der Waals surface area contributed by atoms with E-state index >= 15 is 0 Å². The van der Waals surface area contributed by atoms with Gasteiger partial charge in [-0.1, -0.05) is 117 Å². The van der Waals surface area contributed by atoms with Crippen molar-refractivity contribution in [3.8, 4) is 0 Å². The average Bonchev–Trinajstić information content (AvgIpc) is 2.55. The summed E-state index contributed by atoms with van der Waals surface area (Å²) in [7, 11) is 0. The molecule has 2 aromatic carbocycles. The summed E-state index contributed by atoms with van der Waals surface area (Å²) in [5.41, 5.74) is 4.35. The van der Waals surface area contributed by atoms with Crippen LogP contribution in [0, 0.1) is 5.92 Å². The molecule has 0 bridgehead atoms. The van der Waals surface area contributed by atoms with E-state index in [4.69, 9.17) is 0 Å². The third kappa shape index (κ3) is 5.46. The standard InChI is InChI=1S/C21H28.C4H10/c1-16(2)17-12-14-19(15-13-17)21(5,6)20(3,4)18-10-8-7-9-11-18;1-4(2)3/h7-16H,1-6H3;4H,1-3H3. The fourth-order valence-electron chi connectivity index (χ4n) is 2.86. The van der Waals surface area contributed by atoms with Gasteiger partial charge in [0.2, 0.25) is 0 Å². The third-order valence-electron chi connectivity index (χ3n) is 5.36. The van der Waals surface area contributed by atoms with Crippen LogP contribution in [0.5, 0.6) is 0 Å². The molecule has 138 valence electrons. The Bertz CT molecular complexity index is 610. The summed E-state index contributed by atoms with van der Waals surface area (Å²) in [6, 6.07) is 20.0. The van der Waals surface area contributed by atoms with Gasteiger partial charge in [-0.2, -0.15) is 0 Å². The summed E-state index contributed by atoms with van der Waals surface area (Å²) in [4.78, 5) is 0. The first-order valence-corrected chi connectivity index (χ1v) is 9.66. The molecule has 0 aliphatic heterocycles. The SMILES string of the molecule is CC(C)C.CC(C)c1ccc(C(C)(C)C(C)(C)c2ccccc2)cc1. The highest BCUT2D eigenvalue weighted by Crippen LogP contribution is 2.43. The lowest BCUT2D eigenvalue weighted by Gasteiger charge is -2.43. The zero-order chi connectivity index (χ0) is 19.3. The molecule has 0 fully saturated rings. The Morgan fingerprint density at radius 2 is 0.920 bits per heavy atom. The van der Waals surface area contributed by atoms with E-state index in [0.29, 0.717) is 5.92 Å². The molecule has 0 nitrogen and oxygen atoms in total. The van der Waals surface area contributed by atoms with Gasteiger partial charge in [0, 0.05) is 0 Å². The van der Waals surface area contributed by atoms with Crippen molar-refractivity contribution >= 4 is 0 Å². The fraction of sp³-hybridized carbons (Fsp3) is 0.520. The summed E-state index contributed by atoms with van der Waals surface area (Å²) in [5, 5.41) is 0. The smallest absolute Gasteiger partial charge is 0.00120 e. The Hall–Kier alpha value is -1.56. The molecule has 0 saturated carbocycles. The van der Waals surface area contributed by atoms with Crippen LogP contribution in [0.15, 0.2) is 54.6 Å². The molecule has 2 aromatic rings. The molecule has 0 saturated heterocycles. The monoisotopic (exact) mass is 338 g/mol. The quantitative estimate of drug-likeness (QED) is 0.535. The number of hydrogen-bond donors (Lipinski definition) is 0. The van der Waals surface area contributed by atoms with Crippen LogP contribution in [0.1, 0.15) is 84.9 Å². The van der Waals surface area contributed by atoms with Gasteiger partial charge in [0.15, 0.2) is 0 Å². The van der Waals surface area contributed by atoms with Gasteiger partial charge < -0.3 is 0 Å². The first kappa shape index (κ1) is 21.5. The largest absolute Gasteiger partial charge is 0.0630 e. The van der Waals surface area contributed by atoms with E-state index in [0.717, 1.165) is 5.92 Å². The second-order valence-electron chi connectivity index (χ2n) is 9.12. The lowest BCUT2D eigenvalue weighted by molar-refractivity contribution is 0.303. The number of hydrogen-bond acceptors (Lipinski definition) is 0. The molecule has 0 amide bonds. The zero-order valence-electron chi connectivity index (χ0n) is 17.9. The molecule has 0 radical (unpaired) electrons. The molecule has 0 atom stereocenters. The fourth-order valence-corrected chi connectivity index (χ4v) is 2.86. The molecule has 2 rings (SSSR count). The molecule has 0 aliphatic rings. The van der Waals surface area contributed by atoms with Gasteiger partial charge in [0.05, 0.1) is 0 Å². The normalized spacial score (nSPS) is 12.1. The highest BCUT2D eigenvalue weighted by molar-refractivity contribution is 5.37. The Labute approximate surface area is 156 Å². The minimum absolute atomic E-state index is 0.0733. The lowest BCUT2D eigenvalue weighted by Crippen LogP contribution is -2.40. The van der Waals surface area contributed by atoms with Crippen LogP contribution in [0.4, 0.5) is 0 Å². The molecule has 25 heavy (non-hydrogen) atoms. The molecule has 0 aromatic heterocycles. The van der Waals surface area contributed by atoms with Crippen LogP contribution in [-0.4, -0.2) is 0 Å². The van der Waals surface area contributed by atoms with Crippen LogP contribution in [-0.2, 0) is 10.8 Å². The number of rotatable bonds is 4. The van der Waals surface area contributed by atoms with E-state index in [-0.39, 0.29) is 10.8 Å². The first-order valence-electron chi connectivity index (χ1n) is 9.66. The number of benzene rings is 2. The Morgan fingerprint density at radius 3 is 1.28 bits per heavy atom. The summed E-state index contributed by atoms with van der Waals surface area (Å²) in [6.07, 6.45) is 0. The minimum Gasteiger partial charge on any atom is -0.0630 e. The van der Waals surface area contributed by atoms with Crippen LogP contribution < -0.4 is 0 Å². The average molecular weight is 339 g/mol. The second-order valence-corrected chi connectivity index (χ2v) is 9.12. The van der Waals surface area contributed by atoms with Crippen molar-refractivity contribution in [1.29, 1.82) is 0 Å². The molecule has 0 aliphatic carbocycles. The molecular formula is C25H38. The molecule has 0 heterocycles. The maximum atomic E-state index is 2.35. The molecule has 0 unspecified atom stereocenters. The summed E-state index contributed by atoms with van der Waals surface area (Å²) >= 11 is 0. The summed E-state index contributed by atoms with van der Waals surface area (Å²) in [5.74, 6) is 1.42. The molecule has 0 heteroatoms. The van der Waals surface area contributed by atoms with Crippen molar-refractivity contribution in [3.63, 3.8) is 0 Å². The van der Waals surface area contributed by atoms with E-state index in [2.05, 4.69) is 117 Å². The molecule has 0 spiro atoms. The second kappa shape index (κ2) is 8.70. The predicted octanol–water partition coefficient (Wildman–Crippen LogP) is 7.73. The summed E-state index contributed by atoms with van der Waals surface area (Å²) in [6.45, 7) is 20.4. The van der Waals surface area contributed by atoms with Crippen LogP contribution in [0.25, 0.3) is 0 Å². The van der Waals surface area contributed by atoms with Crippen molar-refractivity contribution in [1.82, 2.24) is 0 Å². The van der Waals surface area contributed by atoms with Gasteiger partial charge >= 0.3 is 0 Å². The van der Waals surface area contributed by atoms with Crippen molar-refractivity contribution in [2.45, 2.75) is 79.1 Å². The maximum absolute atomic E-state index is 2.35. The van der Waals surface area contributed by atoms with Gasteiger partial charge in [0.1, 0.15) is 0 Å². The maximum Gasteiger partial charge on any atom is -0.00120 e. The molecular weight excluding hydrogens is 300 g/mol. The van der Waals surface area contributed by atoms with Crippen molar-refractivity contribution in [3.05, 3.63) is 71.3 Å². The Morgan fingerprint density at radius 1 is 0.560 bits per heavy atom. The van der Waals surface area contributed by atoms with Crippen LogP contribution in [0.2, 0.25) is 0 Å². The van der Waals surface area contributed by atoms with E-state index in [1.54, 1.807) is 0 Å². The van der Waals surface area contributed by atoms with E-state index < -0.39 is 0 Å². The van der Waals surface area contributed by atoms with Gasteiger partial charge in [-0.3, -0.25) is 0 Å². The predicted molar refractivity (Wildman–Crippen MR) is 114 cm³/mol. The highest BCUT2D eigenvalue weighted by atomic mass is 14.4. The van der Waals surface area contributed by atoms with Crippen molar-refractivity contribution < 1.29 is 0 Å². The first-order chi connectivity index (χ1) is 11.5.